The van der Waals surface area contributed by atoms with Gasteiger partial charge in [0.15, 0.2) is 0 Å². The lowest BCUT2D eigenvalue weighted by Crippen LogP contribution is -2.30. The Morgan fingerprint density at radius 2 is 2.04 bits per heavy atom. The highest BCUT2D eigenvalue weighted by atomic mass is 19.1. The highest BCUT2D eigenvalue weighted by Gasteiger charge is 2.44. The molecule has 2 aliphatic heterocycles. The molecule has 1 fully saturated rings. The fourth-order valence-electron chi connectivity index (χ4n) is 3.71. The lowest BCUT2D eigenvalue weighted by molar-refractivity contribution is -0.136. The van der Waals surface area contributed by atoms with Crippen LogP contribution < -0.4 is 5.32 Å². The van der Waals surface area contributed by atoms with Crippen LogP contribution in [0.5, 0.6) is 0 Å². The fraction of sp³-hybridized carbons (Fsp3) is 0.333. The van der Waals surface area contributed by atoms with Crippen LogP contribution >= 0.6 is 0 Å². The quantitative estimate of drug-likeness (QED) is 0.823. The highest BCUT2D eigenvalue weighted by Crippen LogP contribution is 2.49. The largest absolute Gasteiger partial charge is 0.478 e. The van der Waals surface area contributed by atoms with Crippen molar-refractivity contribution in [1.82, 2.24) is 5.32 Å². The third kappa shape index (κ3) is 2.42. The molecule has 3 aliphatic rings. The van der Waals surface area contributed by atoms with Crippen molar-refractivity contribution >= 4 is 11.9 Å². The molecule has 0 radical (unpaired) electrons. The Kier molecular flexibility index (Phi) is 3.42. The van der Waals surface area contributed by atoms with E-state index in [-0.39, 0.29) is 29.2 Å². The second kappa shape index (κ2) is 5.40. The third-order valence-corrected chi connectivity index (χ3v) is 4.87. The van der Waals surface area contributed by atoms with Gasteiger partial charge < -0.3 is 15.2 Å². The number of rotatable bonds is 3. The predicted octanol–water partition coefficient (Wildman–Crippen LogP) is 2.70. The zero-order chi connectivity index (χ0) is 17.9. The van der Waals surface area contributed by atoms with E-state index in [9.17, 15) is 23.5 Å². The number of aliphatic carboxylic acids is 1. The number of benzene rings is 1. The Morgan fingerprint density at radius 3 is 2.68 bits per heavy atom. The zero-order valence-corrected chi connectivity index (χ0v) is 13.4. The van der Waals surface area contributed by atoms with Gasteiger partial charge in [-0.1, -0.05) is 0 Å². The molecule has 1 saturated carbocycles. The van der Waals surface area contributed by atoms with Crippen molar-refractivity contribution in [2.75, 3.05) is 6.61 Å². The maximum atomic E-state index is 14.5. The van der Waals surface area contributed by atoms with E-state index >= 15 is 0 Å². The van der Waals surface area contributed by atoms with Gasteiger partial charge in [-0.2, -0.15) is 0 Å². The van der Waals surface area contributed by atoms with E-state index in [2.05, 4.69) is 5.32 Å². The number of hydrogen-bond acceptors (Lipinski definition) is 4. The molecule has 0 amide bonds. The van der Waals surface area contributed by atoms with Crippen molar-refractivity contribution in [3.8, 4) is 0 Å². The van der Waals surface area contributed by atoms with Gasteiger partial charge in [-0.25, -0.2) is 18.4 Å². The Morgan fingerprint density at radius 1 is 1.32 bits per heavy atom. The zero-order valence-electron chi connectivity index (χ0n) is 13.4. The van der Waals surface area contributed by atoms with Crippen molar-refractivity contribution in [2.24, 2.45) is 0 Å². The number of ether oxygens (including phenoxy) is 1. The van der Waals surface area contributed by atoms with Gasteiger partial charge in [0.1, 0.15) is 18.2 Å². The van der Waals surface area contributed by atoms with Crippen LogP contribution in [-0.4, -0.2) is 23.7 Å². The number of carboxylic acids is 1. The minimum absolute atomic E-state index is 0.00847. The van der Waals surface area contributed by atoms with Crippen molar-refractivity contribution in [3.63, 3.8) is 0 Å². The van der Waals surface area contributed by atoms with Gasteiger partial charge >= 0.3 is 11.9 Å². The van der Waals surface area contributed by atoms with Crippen LogP contribution in [0.2, 0.25) is 0 Å². The molecular weight excluding hydrogens is 332 g/mol. The van der Waals surface area contributed by atoms with Crippen LogP contribution in [0.1, 0.15) is 42.7 Å². The molecule has 0 aromatic heterocycles. The van der Waals surface area contributed by atoms with Crippen LogP contribution in [-0.2, 0) is 14.3 Å². The van der Waals surface area contributed by atoms with E-state index in [1.165, 1.54) is 0 Å². The number of hydrogen-bond donors (Lipinski definition) is 2. The first-order valence-corrected chi connectivity index (χ1v) is 7.98. The van der Waals surface area contributed by atoms with Crippen LogP contribution in [0.4, 0.5) is 8.78 Å². The third-order valence-electron chi connectivity index (χ3n) is 4.87. The van der Waals surface area contributed by atoms with Gasteiger partial charge in [-0.05, 0) is 42.9 Å². The average Bonchev–Trinajstić information content (AvgIpc) is 3.29. The topological polar surface area (TPSA) is 75.6 Å². The summed E-state index contributed by atoms with van der Waals surface area (Å²) in [5.74, 6) is -4.54. The molecule has 7 heteroatoms. The Bertz CT molecular complexity index is 881. The second-order valence-corrected chi connectivity index (χ2v) is 6.53. The van der Waals surface area contributed by atoms with E-state index in [0.717, 1.165) is 25.0 Å². The summed E-state index contributed by atoms with van der Waals surface area (Å²) in [7, 11) is 0. The molecule has 1 aliphatic carbocycles. The van der Waals surface area contributed by atoms with Gasteiger partial charge in [0, 0.05) is 11.8 Å². The molecule has 0 saturated heterocycles. The minimum Gasteiger partial charge on any atom is -0.478 e. The Hall–Kier alpha value is -2.70. The van der Waals surface area contributed by atoms with Gasteiger partial charge in [0.25, 0.3) is 0 Å². The van der Waals surface area contributed by atoms with Crippen LogP contribution in [0.25, 0.3) is 0 Å². The number of carbonyl (C=O) groups excluding carboxylic acids is 1. The number of allylic oxidation sites excluding steroid dienone is 1. The number of nitrogens with one attached hydrogen (secondary N) is 1. The number of esters is 1. The summed E-state index contributed by atoms with van der Waals surface area (Å²) in [4.78, 5) is 24.1. The highest BCUT2D eigenvalue weighted by molar-refractivity contribution is 6.00. The molecule has 5 nitrogen and oxygen atoms in total. The van der Waals surface area contributed by atoms with E-state index in [0.29, 0.717) is 17.0 Å². The number of carbonyl (C=O) groups is 2. The molecule has 1 atom stereocenters. The summed E-state index contributed by atoms with van der Waals surface area (Å²) in [6.45, 7) is 1.56. The lowest BCUT2D eigenvalue weighted by atomic mass is 9.78. The monoisotopic (exact) mass is 347 g/mol. The molecule has 0 bridgehead atoms. The van der Waals surface area contributed by atoms with E-state index in [4.69, 9.17) is 4.74 Å². The first kappa shape index (κ1) is 15.8. The molecule has 4 rings (SSSR count). The molecule has 1 aromatic carbocycles. The van der Waals surface area contributed by atoms with Gasteiger partial charge in [0.05, 0.1) is 22.8 Å². The van der Waals surface area contributed by atoms with Crippen molar-refractivity contribution in [1.29, 1.82) is 0 Å². The maximum absolute atomic E-state index is 14.5. The number of dihydropyridines is 1. The summed E-state index contributed by atoms with van der Waals surface area (Å²) < 4.78 is 33.5. The van der Waals surface area contributed by atoms with Gasteiger partial charge in [-0.15, -0.1) is 0 Å². The first-order chi connectivity index (χ1) is 11.9. The van der Waals surface area contributed by atoms with Crippen molar-refractivity contribution in [2.45, 2.75) is 31.6 Å². The molecule has 0 spiro atoms. The summed E-state index contributed by atoms with van der Waals surface area (Å²) in [5.41, 5.74) is 1.31. The van der Waals surface area contributed by atoms with Gasteiger partial charge in [-0.3, -0.25) is 0 Å². The van der Waals surface area contributed by atoms with Gasteiger partial charge in [0.2, 0.25) is 0 Å². The average molecular weight is 347 g/mol. The number of carboxylic acid groups (broad SMARTS) is 1. The van der Waals surface area contributed by atoms with Crippen molar-refractivity contribution < 1.29 is 28.2 Å². The lowest BCUT2D eigenvalue weighted by Gasteiger charge is -2.28. The van der Waals surface area contributed by atoms with E-state index < -0.39 is 29.5 Å². The van der Waals surface area contributed by atoms with Crippen LogP contribution in [0, 0.1) is 11.6 Å². The Balaban J connectivity index is 1.99. The summed E-state index contributed by atoms with van der Waals surface area (Å²) in [6.07, 6.45) is 1.50. The van der Waals surface area contributed by atoms with Crippen LogP contribution in [0.15, 0.2) is 34.7 Å². The van der Waals surface area contributed by atoms with E-state index in [1.807, 2.05) is 0 Å². The Labute approximate surface area is 142 Å². The first-order valence-electron chi connectivity index (χ1n) is 7.98. The molecular formula is C18H15F2NO4. The molecule has 2 N–H and O–H groups in total. The molecule has 25 heavy (non-hydrogen) atoms. The summed E-state index contributed by atoms with van der Waals surface area (Å²) >= 11 is 0. The summed E-state index contributed by atoms with van der Waals surface area (Å²) in [6, 6.07) is 1.94. The molecule has 1 unspecified atom stereocenters. The smallest absolute Gasteiger partial charge is 0.337 e. The summed E-state index contributed by atoms with van der Waals surface area (Å²) in [5, 5.41) is 12.5. The predicted molar refractivity (Wildman–Crippen MR) is 82.5 cm³/mol. The second-order valence-electron chi connectivity index (χ2n) is 6.53. The van der Waals surface area contributed by atoms with Crippen molar-refractivity contribution in [3.05, 3.63) is 57.4 Å². The SMILES string of the molecule is CC1=C(C(=O)O)C(c2cc(F)cc(F)c2C2CC2)C2=C(COC2=O)N1. The fourth-order valence-corrected chi connectivity index (χ4v) is 3.71. The molecule has 130 valence electrons. The van der Waals surface area contributed by atoms with Crippen LogP contribution in [0.3, 0.4) is 0 Å². The number of halogens is 2. The van der Waals surface area contributed by atoms with E-state index in [1.54, 1.807) is 6.92 Å². The standard InChI is InChI=1S/C18H15F2NO4/c1-7-13(17(22)23)15(16-12(21-7)6-25-18(16)24)10-4-9(19)5-11(20)14(10)8-2-3-8/h4-5,8,15,21H,2-3,6H2,1H3,(H,22,23). The number of cyclic esters (lactones) is 1. The molecule has 2 heterocycles. The molecule has 1 aromatic rings. The maximum Gasteiger partial charge on any atom is 0.337 e. The normalized spacial score (nSPS) is 22.7. The minimum atomic E-state index is -1.24.